The average Bonchev–Trinajstić information content (AvgIpc) is 2.80. The van der Waals surface area contributed by atoms with E-state index in [1.165, 1.54) is 0 Å². The summed E-state index contributed by atoms with van der Waals surface area (Å²) >= 11 is 6.00. The van der Waals surface area contributed by atoms with Gasteiger partial charge in [-0.2, -0.15) is 5.10 Å². The van der Waals surface area contributed by atoms with Crippen molar-refractivity contribution in [2.75, 3.05) is 0 Å². The second kappa shape index (κ2) is 5.11. The molecule has 0 aliphatic heterocycles. The first kappa shape index (κ1) is 12.9. The lowest BCUT2D eigenvalue weighted by atomic mass is 10.2. The molecular formula is C14H13ClN4O. The number of aromatic nitrogens is 3. The molecule has 6 heteroatoms. The minimum absolute atomic E-state index is 0.369. The van der Waals surface area contributed by atoms with Crippen LogP contribution >= 0.6 is 11.6 Å². The quantitative estimate of drug-likeness (QED) is 0.805. The SMILES string of the molecule is Cc1cc2c(Oc3cc(Cl)ccc3CN)nccn2n1. The molecule has 20 heavy (non-hydrogen) atoms. The number of hydrogen-bond acceptors (Lipinski definition) is 4. The summed E-state index contributed by atoms with van der Waals surface area (Å²) in [5.41, 5.74) is 8.28. The Balaban J connectivity index is 2.07. The first-order valence-electron chi connectivity index (χ1n) is 6.14. The molecule has 2 aromatic heterocycles. The summed E-state index contributed by atoms with van der Waals surface area (Å²) in [4.78, 5) is 4.25. The molecule has 0 saturated heterocycles. The Labute approximate surface area is 121 Å². The van der Waals surface area contributed by atoms with Crippen LogP contribution in [0.3, 0.4) is 0 Å². The number of aryl methyl sites for hydroxylation is 1. The van der Waals surface area contributed by atoms with Gasteiger partial charge in [0.25, 0.3) is 0 Å². The molecule has 3 rings (SSSR count). The van der Waals surface area contributed by atoms with Crippen molar-refractivity contribution in [1.29, 1.82) is 0 Å². The van der Waals surface area contributed by atoms with E-state index in [1.807, 2.05) is 19.1 Å². The lowest BCUT2D eigenvalue weighted by Gasteiger charge is -2.10. The summed E-state index contributed by atoms with van der Waals surface area (Å²) in [5, 5.41) is 4.91. The van der Waals surface area contributed by atoms with Crippen molar-refractivity contribution < 1.29 is 4.74 Å². The summed E-state index contributed by atoms with van der Waals surface area (Å²) in [6.07, 6.45) is 3.42. The van der Waals surface area contributed by atoms with E-state index in [0.29, 0.717) is 23.2 Å². The average molecular weight is 289 g/mol. The van der Waals surface area contributed by atoms with Gasteiger partial charge in [0.1, 0.15) is 11.3 Å². The van der Waals surface area contributed by atoms with Crippen LogP contribution in [0.15, 0.2) is 36.7 Å². The number of nitrogens with two attached hydrogens (primary N) is 1. The second-order valence-electron chi connectivity index (χ2n) is 4.41. The molecule has 5 nitrogen and oxygen atoms in total. The molecule has 0 bridgehead atoms. The number of benzene rings is 1. The van der Waals surface area contributed by atoms with E-state index in [0.717, 1.165) is 16.8 Å². The molecule has 3 aromatic rings. The van der Waals surface area contributed by atoms with Gasteiger partial charge in [0.15, 0.2) is 0 Å². The fourth-order valence-corrected chi connectivity index (χ4v) is 2.16. The van der Waals surface area contributed by atoms with Crippen molar-refractivity contribution in [3.05, 3.63) is 52.9 Å². The van der Waals surface area contributed by atoms with Crippen LogP contribution in [0.2, 0.25) is 5.02 Å². The van der Waals surface area contributed by atoms with E-state index < -0.39 is 0 Å². The fraction of sp³-hybridized carbons (Fsp3) is 0.143. The van der Waals surface area contributed by atoms with Crippen molar-refractivity contribution in [3.8, 4) is 11.6 Å². The third-order valence-corrected chi connectivity index (χ3v) is 3.17. The summed E-state index contributed by atoms with van der Waals surface area (Å²) in [6.45, 7) is 2.29. The van der Waals surface area contributed by atoms with Gasteiger partial charge in [0.2, 0.25) is 5.88 Å². The van der Waals surface area contributed by atoms with Gasteiger partial charge >= 0.3 is 0 Å². The second-order valence-corrected chi connectivity index (χ2v) is 4.84. The highest BCUT2D eigenvalue weighted by Gasteiger charge is 2.10. The highest BCUT2D eigenvalue weighted by molar-refractivity contribution is 6.30. The summed E-state index contributed by atoms with van der Waals surface area (Å²) < 4.78 is 7.60. The molecular weight excluding hydrogens is 276 g/mol. The lowest BCUT2D eigenvalue weighted by molar-refractivity contribution is 0.460. The molecule has 2 heterocycles. The van der Waals surface area contributed by atoms with E-state index in [2.05, 4.69) is 10.1 Å². The van der Waals surface area contributed by atoms with Crippen LogP contribution in [0, 0.1) is 6.92 Å². The first-order valence-corrected chi connectivity index (χ1v) is 6.52. The number of nitrogens with zero attached hydrogens (tertiary/aromatic N) is 3. The number of ether oxygens (including phenoxy) is 1. The standard InChI is InChI=1S/C14H13ClN4O/c1-9-6-12-14(17-4-5-19(12)18-9)20-13-7-11(15)3-2-10(13)8-16/h2-7H,8,16H2,1H3. The smallest absolute Gasteiger partial charge is 0.245 e. The zero-order chi connectivity index (χ0) is 14.1. The monoisotopic (exact) mass is 288 g/mol. The third kappa shape index (κ3) is 2.33. The fourth-order valence-electron chi connectivity index (χ4n) is 2.00. The molecule has 0 saturated carbocycles. The summed E-state index contributed by atoms with van der Waals surface area (Å²) in [6, 6.07) is 7.28. The maximum absolute atomic E-state index is 6.00. The minimum Gasteiger partial charge on any atom is -0.437 e. The van der Waals surface area contributed by atoms with Gasteiger partial charge in [0.05, 0.1) is 5.69 Å². The Hall–Kier alpha value is -2.11. The Kier molecular flexibility index (Phi) is 3.30. The van der Waals surface area contributed by atoms with Crippen LogP contribution in [0.25, 0.3) is 5.52 Å². The molecule has 0 amide bonds. The Morgan fingerprint density at radius 1 is 1.35 bits per heavy atom. The molecule has 0 fully saturated rings. The number of halogens is 1. The van der Waals surface area contributed by atoms with Gasteiger partial charge in [-0.05, 0) is 25.1 Å². The number of hydrogen-bond donors (Lipinski definition) is 1. The number of fused-ring (bicyclic) bond motifs is 1. The molecule has 0 atom stereocenters. The molecule has 1 aromatic carbocycles. The van der Waals surface area contributed by atoms with E-state index in [1.54, 1.807) is 29.0 Å². The molecule has 102 valence electrons. The lowest BCUT2D eigenvalue weighted by Crippen LogP contribution is -2.01. The van der Waals surface area contributed by atoms with Crippen molar-refractivity contribution in [2.24, 2.45) is 5.73 Å². The summed E-state index contributed by atoms with van der Waals surface area (Å²) in [7, 11) is 0. The topological polar surface area (TPSA) is 65.4 Å². The molecule has 0 aliphatic rings. The molecule has 0 aliphatic carbocycles. The molecule has 0 radical (unpaired) electrons. The molecule has 0 spiro atoms. The van der Waals surface area contributed by atoms with Crippen molar-refractivity contribution >= 4 is 17.1 Å². The predicted octanol–water partition coefficient (Wildman–Crippen LogP) is 2.94. The van der Waals surface area contributed by atoms with E-state index in [4.69, 9.17) is 22.1 Å². The first-order chi connectivity index (χ1) is 9.67. The zero-order valence-corrected chi connectivity index (χ0v) is 11.6. The van der Waals surface area contributed by atoms with E-state index >= 15 is 0 Å². The number of rotatable bonds is 3. The van der Waals surface area contributed by atoms with Crippen molar-refractivity contribution in [1.82, 2.24) is 14.6 Å². The van der Waals surface area contributed by atoms with Crippen molar-refractivity contribution in [3.63, 3.8) is 0 Å². The van der Waals surface area contributed by atoms with Gasteiger partial charge in [-0.25, -0.2) is 9.50 Å². The Morgan fingerprint density at radius 2 is 2.20 bits per heavy atom. The summed E-state index contributed by atoms with van der Waals surface area (Å²) in [5.74, 6) is 1.09. The van der Waals surface area contributed by atoms with Gasteiger partial charge < -0.3 is 10.5 Å². The van der Waals surface area contributed by atoms with E-state index in [9.17, 15) is 0 Å². The van der Waals surface area contributed by atoms with Crippen LogP contribution in [-0.4, -0.2) is 14.6 Å². The Morgan fingerprint density at radius 3 is 3.00 bits per heavy atom. The highest BCUT2D eigenvalue weighted by atomic mass is 35.5. The Bertz CT molecular complexity index is 769. The van der Waals surface area contributed by atoms with Crippen molar-refractivity contribution in [2.45, 2.75) is 13.5 Å². The van der Waals surface area contributed by atoms with Crippen LogP contribution in [0.1, 0.15) is 11.3 Å². The predicted molar refractivity (Wildman–Crippen MR) is 77.1 cm³/mol. The van der Waals surface area contributed by atoms with Gasteiger partial charge in [0, 0.05) is 29.5 Å². The maximum Gasteiger partial charge on any atom is 0.245 e. The van der Waals surface area contributed by atoms with Crippen LogP contribution < -0.4 is 10.5 Å². The molecule has 0 unspecified atom stereocenters. The zero-order valence-electron chi connectivity index (χ0n) is 10.9. The van der Waals surface area contributed by atoms with Gasteiger partial charge in [-0.15, -0.1) is 0 Å². The van der Waals surface area contributed by atoms with Crippen LogP contribution in [0.4, 0.5) is 0 Å². The van der Waals surface area contributed by atoms with Gasteiger partial charge in [-0.1, -0.05) is 17.7 Å². The largest absolute Gasteiger partial charge is 0.437 e. The minimum atomic E-state index is 0.369. The van der Waals surface area contributed by atoms with Crippen LogP contribution in [-0.2, 0) is 6.54 Å². The normalized spacial score (nSPS) is 10.9. The van der Waals surface area contributed by atoms with Gasteiger partial charge in [-0.3, -0.25) is 0 Å². The van der Waals surface area contributed by atoms with E-state index in [-0.39, 0.29) is 0 Å². The van der Waals surface area contributed by atoms with Crippen LogP contribution in [0.5, 0.6) is 11.6 Å². The molecule has 2 N–H and O–H groups in total. The highest BCUT2D eigenvalue weighted by Crippen LogP contribution is 2.29. The third-order valence-electron chi connectivity index (χ3n) is 2.93. The maximum atomic E-state index is 6.00.